The average molecular weight is 119 g/mol. The fraction of sp³-hybridized carbons (Fsp3) is 1.00. The normalized spacial score (nSPS) is 12.8. The summed E-state index contributed by atoms with van der Waals surface area (Å²) in [4.78, 5) is 17.3. The summed E-state index contributed by atoms with van der Waals surface area (Å²) in [6.45, 7) is 3.70. The van der Waals surface area contributed by atoms with E-state index in [1.165, 1.54) is 0 Å². The topological polar surface area (TPSA) is 47.9 Å². The molecule has 0 aromatic heterocycles. The second-order valence-electron chi connectivity index (χ2n) is 1.46. The van der Waals surface area contributed by atoms with Crippen LogP contribution in [0.15, 0.2) is 5.34 Å². The SMILES string of the molecule is CCC(C)OON=O. The first kappa shape index (κ1) is 7.36. The standard InChI is InChI=1S/C4H9NO3/c1-3-4(2)7-8-5-6/h4H,3H2,1-2H3. The van der Waals surface area contributed by atoms with Crippen molar-refractivity contribution >= 4 is 0 Å². The van der Waals surface area contributed by atoms with Gasteiger partial charge in [0.15, 0.2) is 5.34 Å². The summed E-state index contributed by atoms with van der Waals surface area (Å²) < 4.78 is 0. The molecule has 4 nitrogen and oxygen atoms in total. The van der Waals surface area contributed by atoms with E-state index >= 15 is 0 Å². The van der Waals surface area contributed by atoms with Crippen molar-refractivity contribution < 1.29 is 9.88 Å². The molecule has 0 bridgehead atoms. The molecule has 0 aliphatic rings. The highest BCUT2D eigenvalue weighted by Gasteiger charge is 1.97. The van der Waals surface area contributed by atoms with E-state index in [2.05, 4.69) is 15.2 Å². The Morgan fingerprint density at radius 2 is 2.38 bits per heavy atom. The maximum absolute atomic E-state index is 9.23. The fourth-order valence-electron chi connectivity index (χ4n) is 0.159. The number of nitrogens with zero attached hydrogens (tertiary/aromatic N) is 1. The molecule has 0 saturated heterocycles. The van der Waals surface area contributed by atoms with E-state index in [1.54, 1.807) is 6.92 Å². The van der Waals surface area contributed by atoms with Crippen LogP contribution in [0.2, 0.25) is 0 Å². The third-order valence-electron chi connectivity index (χ3n) is 0.813. The molecule has 0 fully saturated rings. The second kappa shape index (κ2) is 4.52. The quantitative estimate of drug-likeness (QED) is 0.319. The molecule has 0 aliphatic carbocycles. The van der Waals surface area contributed by atoms with E-state index < -0.39 is 0 Å². The lowest BCUT2D eigenvalue weighted by molar-refractivity contribution is -0.323. The van der Waals surface area contributed by atoms with Crippen LogP contribution in [0.3, 0.4) is 0 Å². The van der Waals surface area contributed by atoms with E-state index in [-0.39, 0.29) is 6.10 Å². The first-order valence-corrected chi connectivity index (χ1v) is 2.46. The second-order valence-corrected chi connectivity index (χ2v) is 1.46. The third kappa shape index (κ3) is 3.55. The zero-order valence-electron chi connectivity index (χ0n) is 4.96. The third-order valence-corrected chi connectivity index (χ3v) is 0.813. The molecule has 0 aromatic rings. The fourth-order valence-corrected chi connectivity index (χ4v) is 0.159. The summed E-state index contributed by atoms with van der Waals surface area (Å²) in [7, 11) is 0. The summed E-state index contributed by atoms with van der Waals surface area (Å²) in [6.07, 6.45) is 0.739. The number of hydrogen-bond donors (Lipinski definition) is 0. The highest BCUT2D eigenvalue weighted by atomic mass is 17.3. The Labute approximate surface area is 47.6 Å². The Bertz CT molecular complexity index is 66.3. The zero-order chi connectivity index (χ0) is 6.41. The monoisotopic (exact) mass is 119 g/mol. The van der Waals surface area contributed by atoms with Crippen LogP contribution in [0, 0.1) is 4.91 Å². The summed E-state index contributed by atoms with van der Waals surface area (Å²) in [5.74, 6) is 0. The molecule has 0 N–H and O–H groups in total. The van der Waals surface area contributed by atoms with Crippen LogP contribution < -0.4 is 0 Å². The molecule has 48 valence electrons. The molecule has 0 amide bonds. The van der Waals surface area contributed by atoms with Crippen LogP contribution in [-0.2, 0) is 9.88 Å². The first-order valence-electron chi connectivity index (χ1n) is 2.46. The minimum atomic E-state index is -0.0623. The molecule has 0 rings (SSSR count). The van der Waals surface area contributed by atoms with Gasteiger partial charge in [0.25, 0.3) is 0 Å². The van der Waals surface area contributed by atoms with Crippen molar-refractivity contribution in [3.63, 3.8) is 0 Å². The van der Waals surface area contributed by atoms with Gasteiger partial charge in [0.05, 0.1) is 0 Å². The van der Waals surface area contributed by atoms with Gasteiger partial charge < -0.3 is 0 Å². The van der Waals surface area contributed by atoms with Crippen LogP contribution in [-0.4, -0.2) is 6.10 Å². The van der Waals surface area contributed by atoms with E-state index in [0.29, 0.717) is 0 Å². The maximum Gasteiger partial charge on any atom is 0.190 e. The minimum absolute atomic E-state index is 0.0623. The molecule has 0 heterocycles. The maximum atomic E-state index is 9.23. The average Bonchev–Trinajstić information content (AvgIpc) is 1.83. The lowest BCUT2D eigenvalue weighted by Gasteiger charge is -2.01. The van der Waals surface area contributed by atoms with Gasteiger partial charge in [-0.2, -0.15) is 9.88 Å². The Kier molecular flexibility index (Phi) is 4.16. The lowest BCUT2D eigenvalue weighted by Crippen LogP contribution is -2.03. The van der Waals surface area contributed by atoms with Gasteiger partial charge in [0, 0.05) is 0 Å². The molecule has 8 heavy (non-hydrogen) atoms. The highest BCUT2D eigenvalue weighted by Crippen LogP contribution is 1.95. The Hall–Kier alpha value is -0.640. The smallest absolute Gasteiger partial charge is 0.181 e. The molecular formula is C4H9NO3. The van der Waals surface area contributed by atoms with Gasteiger partial charge in [0.1, 0.15) is 6.10 Å². The summed E-state index contributed by atoms with van der Waals surface area (Å²) in [5.41, 5.74) is 0. The molecular weight excluding hydrogens is 110 g/mol. The van der Waals surface area contributed by atoms with Crippen LogP contribution in [0.5, 0.6) is 0 Å². The predicted octanol–water partition coefficient (Wildman–Crippen LogP) is 1.41. The Balaban J connectivity index is 2.97. The van der Waals surface area contributed by atoms with Crippen molar-refractivity contribution in [3.8, 4) is 0 Å². The van der Waals surface area contributed by atoms with Gasteiger partial charge in [0.2, 0.25) is 0 Å². The highest BCUT2D eigenvalue weighted by molar-refractivity contribution is 4.37. The number of hydrogen-bond acceptors (Lipinski definition) is 4. The van der Waals surface area contributed by atoms with E-state index in [1.807, 2.05) is 6.92 Å². The molecule has 0 saturated carbocycles. The van der Waals surface area contributed by atoms with Crippen LogP contribution in [0.25, 0.3) is 0 Å². The number of rotatable bonds is 4. The molecule has 1 unspecified atom stereocenters. The van der Waals surface area contributed by atoms with Gasteiger partial charge in [-0.15, -0.1) is 4.91 Å². The van der Waals surface area contributed by atoms with Crippen molar-refractivity contribution in [2.24, 2.45) is 5.34 Å². The minimum Gasteiger partial charge on any atom is -0.181 e. The van der Waals surface area contributed by atoms with E-state index in [0.717, 1.165) is 6.42 Å². The Morgan fingerprint density at radius 3 is 2.75 bits per heavy atom. The van der Waals surface area contributed by atoms with Gasteiger partial charge in [-0.05, 0) is 13.3 Å². The van der Waals surface area contributed by atoms with E-state index in [4.69, 9.17) is 0 Å². The van der Waals surface area contributed by atoms with Crippen molar-refractivity contribution in [2.75, 3.05) is 0 Å². The summed E-state index contributed by atoms with van der Waals surface area (Å²) >= 11 is 0. The molecule has 0 radical (unpaired) electrons. The summed E-state index contributed by atoms with van der Waals surface area (Å²) in [5, 5.41) is 2.05. The van der Waals surface area contributed by atoms with Crippen LogP contribution in [0.1, 0.15) is 20.3 Å². The summed E-state index contributed by atoms with van der Waals surface area (Å²) in [6, 6.07) is 0. The van der Waals surface area contributed by atoms with Crippen molar-refractivity contribution in [1.82, 2.24) is 0 Å². The zero-order valence-corrected chi connectivity index (χ0v) is 4.96. The van der Waals surface area contributed by atoms with Gasteiger partial charge in [-0.3, -0.25) is 0 Å². The molecule has 1 atom stereocenters. The van der Waals surface area contributed by atoms with Crippen molar-refractivity contribution in [3.05, 3.63) is 4.91 Å². The molecule has 0 spiro atoms. The van der Waals surface area contributed by atoms with E-state index in [9.17, 15) is 4.91 Å². The lowest BCUT2D eigenvalue weighted by atomic mass is 10.3. The Morgan fingerprint density at radius 1 is 1.75 bits per heavy atom. The van der Waals surface area contributed by atoms with Crippen molar-refractivity contribution in [2.45, 2.75) is 26.4 Å². The predicted molar refractivity (Wildman–Crippen MR) is 27.7 cm³/mol. The van der Waals surface area contributed by atoms with Crippen LogP contribution >= 0.6 is 0 Å². The van der Waals surface area contributed by atoms with Crippen molar-refractivity contribution in [1.29, 1.82) is 0 Å². The van der Waals surface area contributed by atoms with Crippen LogP contribution in [0.4, 0.5) is 0 Å². The first-order chi connectivity index (χ1) is 3.81. The molecule has 0 aromatic carbocycles. The van der Waals surface area contributed by atoms with Gasteiger partial charge in [-0.1, -0.05) is 6.92 Å². The molecule has 4 heteroatoms. The molecule has 0 aliphatic heterocycles. The van der Waals surface area contributed by atoms with Gasteiger partial charge in [-0.25, -0.2) is 0 Å². The van der Waals surface area contributed by atoms with Gasteiger partial charge >= 0.3 is 0 Å². The largest absolute Gasteiger partial charge is 0.190 e.